The second kappa shape index (κ2) is 7.92. The van der Waals surface area contributed by atoms with Crippen molar-refractivity contribution in [3.05, 3.63) is 32.6 Å². The first kappa shape index (κ1) is 17.9. The lowest BCUT2D eigenvalue weighted by Gasteiger charge is -2.14. The largest absolute Gasteiger partial charge is 0.469 e. The van der Waals surface area contributed by atoms with Crippen LogP contribution in [-0.4, -0.2) is 51.7 Å². The number of carbonyl (C=O) groups excluding carboxylic acids is 1. The van der Waals surface area contributed by atoms with Crippen LogP contribution >= 0.6 is 0 Å². The molecule has 1 aromatic rings. The number of rotatable bonds is 4. The van der Waals surface area contributed by atoms with Gasteiger partial charge in [0.1, 0.15) is 17.9 Å². The van der Waals surface area contributed by atoms with Crippen LogP contribution in [0.4, 0.5) is 0 Å². The van der Waals surface area contributed by atoms with Crippen LogP contribution in [0.5, 0.6) is 0 Å². The van der Waals surface area contributed by atoms with Crippen molar-refractivity contribution in [3.8, 4) is 11.8 Å². The lowest BCUT2D eigenvalue weighted by Crippen LogP contribution is -2.33. The number of hydrogen-bond donors (Lipinski definition) is 3. The highest BCUT2D eigenvalue weighted by atomic mass is 16.5. The van der Waals surface area contributed by atoms with Gasteiger partial charge in [0.25, 0.3) is 5.56 Å². The second-order valence-electron chi connectivity index (χ2n) is 5.20. The minimum Gasteiger partial charge on any atom is -0.469 e. The number of carbonyl (C=O) groups is 1. The van der Waals surface area contributed by atoms with Gasteiger partial charge in [-0.1, -0.05) is 11.8 Å². The average molecular weight is 338 g/mol. The first-order valence-electron chi connectivity index (χ1n) is 7.31. The zero-order chi connectivity index (χ0) is 17.7. The molecule has 0 unspecified atom stereocenters. The molecule has 1 aliphatic heterocycles. The molecule has 9 nitrogen and oxygen atoms in total. The fourth-order valence-electron chi connectivity index (χ4n) is 2.26. The van der Waals surface area contributed by atoms with Gasteiger partial charge in [-0.25, -0.2) is 4.79 Å². The first-order chi connectivity index (χ1) is 11.5. The van der Waals surface area contributed by atoms with Gasteiger partial charge in [0, 0.05) is 19.0 Å². The molecule has 130 valence electrons. The molecule has 0 aromatic carbocycles. The molecule has 0 bridgehead atoms. The van der Waals surface area contributed by atoms with E-state index in [-0.39, 0.29) is 31.4 Å². The van der Waals surface area contributed by atoms with Gasteiger partial charge in [0.05, 0.1) is 26.2 Å². The van der Waals surface area contributed by atoms with Gasteiger partial charge in [0.2, 0.25) is 0 Å². The molecule has 0 aliphatic carbocycles. The number of esters is 1. The highest BCUT2D eigenvalue weighted by Gasteiger charge is 2.35. The van der Waals surface area contributed by atoms with E-state index >= 15 is 0 Å². The number of nitrogens with one attached hydrogen (secondary N) is 1. The molecule has 3 N–H and O–H groups in total. The SMILES string of the molecule is COC(=O)CCC#Cc1cn([C@H]2C[C@H](O)[C@@H](CO)O2)c(=O)[nH]c1=O. The summed E-state index contributed by atoms with van der Waals surface area (Å²) in [6.45, 7) is -0.379. The monoisotopic (exact) mass is 338 g/mol. The molecule has 2 rings (SSSR count). The van der Waals surface area contributed by atoms with Crippen LogP contribution in [0.25, 0.3) is 0 Å². The fraction of sp³-hybridized carbons (Fsp3) is 0.533. The van der Waals surface area contributed by atoms with Crippen LogP contribution < -0.4 is 11.2 Å². The molecule has 0 saturated carbocycles. The summed E-state index contributed by atoms with van der Waals surface area (Å²) in [5.41, 5.74) is -1.32. The van der Waals surface area contributed by atoms with E-state index in [0.717, 1.165) is 4.57 Å². The Balaban J connectivity index is 2.20. The van der Waals surface area contributed by atoms with Crippen molar-refractivity contribution in [3.63, 3.8) is 0 Å². The molecule has 1 saturated heterocycles. The van der Waals surface area contributed by atoms with Crippen molar-refractivity contribution in [1.29, 1.82) is 0 Å². The molecule has 0 radical (unpaired) electrons. The number of aliphatic hydroxyl groups is 2. The molecule has 3 atom stereocenters. The lowest BCUT2D eigenvalue weighted by molar-refractivity contribution is -0.140. The first-order valence-corrected chi connectivity index (χ1v) is 7.31. The predicted molar refractivity (Wildman–Crippen MR) is 81.1 cm³/mol. The van der Waals surface area contributed by atoms with E-state index < -0.39 is 35.7 Å². The van der Waals surface area contributed by atoms with Gasteiger partial charge in [-0.05, 0) is 0 Å². The fourth-order valence-corrected chi connectivity index (χ4v) is 2.26. The van der Waals surface area contributed by atoms with Gasteiger partial charge in [0.15, 0.2) is 0 Å². The standard InChI is InChI=1S/C15H18N2O7/c1-23-13(20)5-3-2-4-9-7-17(15(22)16-14(9)21)12-6-10(19)11(8-18)24-12/h7,10-12,18-19H,3,5-6,8H2,1H3,(H,16,21,22)/t10-,11+,12+/m0/s1. The smallest absolute Gasteiger partial charge is 0.330 e. The van der Waals surface area contributed by atoms with Crippen LogP contribution in [0.2, 0.25) is 0 Å². The Kier molecular flexibility index (Phi) is 5.92. The molecule has 9 heteroatoms. The Labute approximate surface area is 136 Å². The molecule has 1 aromatic heterocycles. The van der Waals surface area contributed by atoms with Crippen molar-refractivity contribution in [2.75, 3.05) is 13.7 Å². The van der Waals surface area contributed by atoms with E-state index in [1.165, 1.54) is 13.3 Å². The number of aromatic nitrogens is 2. The van der Waals surface area contributed by atoms with E-state index in [9.17, 15) is 19.5 Å². The van der Waals surface area contributed by atoms with Gasteiger partial charge in [-0.2, -0.15) is 0 Å². The molecule has 0 spiro atoms. The Morgan fingerprint density at radius 1 is 1.54 bits per heavy atom. The van der Waals surface area contributed by atoms with E-state index in [0.29, 0.717) is 0 Å². The molecular weight excluding hydrogens is 320 g/mol. The predicted octanol–water partition coefficient (Wildman–Crippen LogP) is -1.52. The van der Waals surface area contributed by atoms with Crippen molar-refractivity contribution in [1.82, 2.24) is 9.55 Å². The van der Waals surface area contributed by atoms with Crippen molar-refractivity contribution >= 4 is 5.97 Å². The number of nitrogens with zero attached hydrogens (tertiary/aromatic N) is 1. The summed E-state index contributed by atoms with van der Waals surface area (Å²) < 4.78 is 11.0. The molecule has 1 fully saturated rings. The number of methoxy groups -OCH3 is 1. The summed E-state index contributed by atoms with van der Waals surface area (Å²) in [5.74, 6) is 4.84. The summed E-state index contributed by atoms with van der Waals surface area (Å²) in [7, 11) is 1.27. The lowest BCUT2D eigenvalue weighted by atomic mass is 10.2. The summed E-state index contributed by atoms with van der Waals surface area (Å²) in [4.78, 5) is 36.8. The minimum absolute atomic E-state index is 0.0324. The number of hydrogen-bond acceptors (Lipinski definition) is 7. The maximum Gasteiger partial charge on any atom is 0.330 e. The molecule has 0 amide bonds. The normalized spacial score (nSPS) is 22.7. The highest BCUT2D eigenvalue weighted by Crippen LogP contribution is 2.27. The Morgan fingerprint density at radius 3 is 2.92 bits per heavy atom. The minimum atomic E-state index is -0.909. The van der Waals surface area contributed by atoms with Crippen molar-refractivity contribution in [2.45, 2.75) is 37.7 Å². The summed E-state index contributed by atoms with van der Waals surface area (Å²) in [6, 6.07) is 0. The van der Waals surface area contributed by atoms with E-state index in [2.05, 4.69) is 21.6 Å². The van der Waals surface area contributed by atoms with E-state index in [1.54, 1.807) is 0 Å². The second-order valence-corrected chi connectivity index (χ2v) is 5.20. The topological polar surface area (TPSA) is 131 Å². The van der Waals surface area contributed by atoms with Gasteiger partial charge < -0.3 is 19.7 Å². The quantitative estimate of drug-likeness (QED) is 0.449. The van der Waals surface area contributed by atoms with Crippen LogP contribution in [0.1, 0.15) is 31.1 Å². The Hall–Kier alpha value is -2.41. The summed E-state index contributed by atoms with van der Waals surface area (Å²) in [6.07, 6.45) is -0.863. The zero-order valence-corrected chi connectivity index (χ0v) is 13.0. The third-order valence-electron chi connectivity index (χ3n) is 3.57. The van der Waals surface area contributed by atoms with Gasteiger partial charge in [-0.15, -0.1) is 0 Å². The maximum atomic E-state index is 11.9. The number of aromatic amines is 1. The van der Waals surface area contributed by atoms with Crippen molar-refractivity contribution in [2.24, 2.45) is 0 Å². The van der Waals surface area contributed by atoms with Crippen LogP contribution in [0.3, 0.4) is 0 Å². The maximum absolute atomic E-state index is 11.9. The molecular formula is C15H18N2O7. The number of H-pyrrole nitrogens is 1. The third kappa shape index (κ3) is 4.11. The van der Waals surface area contributed by atoms with Crippen molar-refractivity contribution < 1.29 is 24.5 Å². The molecule has 1 aliphatic rings. The van der Waals surface area contributed by atoms with E-state index in [4.69, 9.17) is 9.84 Å². The van der Waals surface area contributed by atoms with Gasteiger partial charge >= 0.3 is 11.7 Å². The third-order valence-corrected chi connectivity index (χ3v) is 3.57. The van der Waals surface area contributed by atoms with E-state index in [1.807, 2.05) is 0 Å². The van der Waals surface area contributed by atoms with Crippen LogP contribution in [0.15, 0.2) is 15.8 Å². The van der Waals surface area contributed by atoms with Gasteiger partial charge in [-0.3, -0.25) is 19.1 Å². The number of ether oxygens (including phenoxy) is 2. The molecule has 2 heterocycles. The Morgan fingerprint density at radius 2 is 2.29 bits per heavy atom. The Bertz CT molecular complexity index is 770. The summed E-state index contributed by atoms with van der Waals surface area (Å²) in [5, 5.41) is 18.8. The molecule has 24 heavy (non-hydrogen) atoms. The van der Waals surface area contributed by atoms with Crippen LogP contribution in [0, 0.1) is 11.8 Å². The zero-order valence-electron chi connectivity index (χ0n) is 13.0. The van der Waals surface area contributed by atoms with Crippen LogP contribution in [-0.2, 0) is 14.3 Å². The number of aliphatic hydroxyl groups excluding tert-OH is 2. The average Bonchev–Trinajstić information content (AvgIpc) is 2.93. The highest BCUT2D eigenvalue weighted by molar-refractivity contribution is 5.69. The summed E-state index contributed by atoms with van der Waals surface area (Å²) >= 11 is 0.